The number of hydrogen-bond acceptors (Lipinski definition) is 1. The van der Waals surface area contributed by atoms with Crippen LogP contribution < -0.4 is 5.32 Å². The molecule has 0 aromatic heterocycles. The van der Waals surface area contributed by atoms with Gasteiger partial charge in [-0.1, -0.05) is 44.5 Å². The number of hydrogen-bond donors (Lipinski definition) is 1. The second-order valence-corrected chi connectivity index (χ2v) is 5.47. The number of nitrogens with one attached hydrogen (secondary N) is 1. The number of benzene rings is 1. The van der Waals surface area contributed by atoms with Crippen LogP contribution in [0.1, 0.15) is 26.3 Å². The summed E-state index contributed by atoms with van der Waals surface area (Å²) in [6.07, 6.45) is 1.04. The predicted molar refractivity (Wildman–Crippen MR) is 67.5 cm³/mol. The topological polar surface area (TPSA) is 12.0 Å². The van der Waals surface area contributed by atoms with E-state index in [1.54, 1.807) is 0 Å². The van der Waals surface area contributed by atoms with E-state index < -0.39 is 0 Å². The Morgan fingerprint density at radius 1 is 1.20 bits per heavy atom. The van der Waals surface area contributed by atoms with Gasteiger partial charge in [-0.3, -0.25) is 0 Å². The highest BCUT2D eigenvalue weighted by molar-refractivity contribution is 6.30. The molecule has 1 N–H and O–H groups in total. The van der Waals surface area contributed by atoms with Gasteiger partial charge in [-0.2, -0.15) is 0 Å². The third-order valence-corrected chi connectivity index (χ3v) is 3.00. The van der Waals surface area contributed by atoms with Gasteiger partial charge in [-0.25, -0.2) is 0 Å². The lowest BCUT2D eigenvalue weighted by Crippen LogP contribution is -2.39. The maximum Gasteiger partial charge on any atom is 0.0406 e. The molecule has 0 amide bonds. The highest BCUT2D eigenvalue weighted by Crippen LogP contribution is 2.22. The molecule has 1 nitrogen and oxygen atoms in total. The van der Waals surface area contributed by atoms with Gasteiger partial charge in [0.15, 0.2) is 0 Å². The summed E-state index contributed by atoms with van der Waals surface area (Å²) in [5.74, 6) is 0. The zero-order valence-corrected chi connectivity index (χ0v) is 10.7. The van der Waals surface area contributed by atoms with Crippen molar-refractivity contribution in [3.05, 3.63) is 34.9 Å². The molecule has 1 aromatic carbocycles. The van der Waals surface area contributed by atoms with Gasteiger partial charge in [0.25, 0.3) is 0 Å². The monoisotopic (exact) mass is 225 g/mol. The third-order valence-electron chi connectivity index (χ3n) is 2.75. The lowest BCUT2D eigenvalue weighted by atomic mass is 9.83. The van der Waals surface area contributed by atoms with E-state index in [1.807, 2.05) is 19.2 Å². The summed E-state index contributed by atoms with van der Waals surface area (Å²) in [6.45, 7) is 6.76. The molecule has 0 radical (unpaired) electrons. The van der Waals surface area contributed by atoms with E-state index >= 15 is 0 Å². The normalized spacial score (nSPS) is 13.9. The molecule has 0 fully saturated rings. The van der Waals surface area contributed by atoms with Gasteiger partial charge in [0.2, 0.25) is 0 Å². The first-order valence-corrected chi connectivity index (χ1v) is 5.73. The minimum absolute atomic E-state index is 0.272. The first-order valence-electron chi connectivity index (χ1n) is 5.35. The zero-order valence-electron chi connectivity index (χ0n) is 9.97. The van der Waals surface area contributed by atoms with Crippen LogP contribution in [0.25, 0.3) is 0 Å². The summed E-state index contributed by atoms with van der Waals surface area (Å²) >= 11 is 5.86. The Morgan fingerprint density at radius 3 is 2.13 bits per heavy atom. The van der Waals surface area contributed by atoms with Crippen molar-refractivity contribution in [1.29, 1.82) is 0 Å². The first-order chi connectivity index (χ1) is 6.93. The zero-order chi connectivity index (χ0) is 11.5. The van der Waals surface area contributed by atoms with Crippen LogP contribution in [0, 0.1) is 5.41 Å². The molecule has 0 heterocycles. The molecule has 0 spiro atoms. The molecule has 1 rings (SSSR count). The van der Waals surface area contributed by atoms with E-state index in [9.17, 15) is 0 Å². The highest BCUT2D eigenvalue weighted by Gasteiger charge is 2.22. The molecular formula is C13H20ClN. The highest BCUT2D eigenvalue weighted by atomic mass is 35.5. The number of likely N-dealkylation sites (N-methyl/N-ethyl adjacent to an activating group) is 1. The van der Waals surface area contributed by atoms with Crippen molar-refractivity contribution < 1.29 is 0 Å². The first kappa shape index (κ1) is 12.5. The van der Waals surface area contributed by atoms with Gasteiger partial charge in [0, 0.05) is 11.1 Å². The van der Waals surface area contributed by atoms with Crippen molar-refractivity contribution in [1.82, 2.24) is 5.32 Å². The van der Waals surface area contributed by atoms with Gasteiger partial charge >= 0.3 is 0 Å². The Balaban J connectivity index is 2.71. The fourth-order valence-electron chi connectivity index (χ4n) is 1.70. The van der Waals surface area contributed by atoms with E-state index in [0.717, 1.165) is 11.4 Å². The van der Waals surface area contributed by atoms with Crippen LogP contribution in [0.15, 0.2) is 24.3 Å². The van der Waals surface area contributed by atoms with Crippen LogP contribution in [0.4, 0.5) is 0 Å². The molecule has 1 aromatic rings. The second kappa shape index (κ2) is 5.00. The standard InChI is InChI=1S/C13H20ClN/c1-13(2,3)12(15-4)9-10-5-7-11(14)8-6-10/h5-8,12,15H,9H2,1-4H3. The van der Waals surface area contributed by atoms with E-state index in [4.69, 9.17) is 11.6 Å². The van der Waals surface area contributed by atoms with Crippen LogP contribution in [0.2, 0.25) is 5.02 Å². The Labute approximate surface area is 97.8 Å². The maximum atomic E-state index is 5.86. The van der Waals surface area contributed by atoms with E-state index in [-0.39, 0.29) is 5.41 Å². The van der Waals surface area contributed by atoms with Crippen LogP contribution in [-0.4, -0.2) is 13.1 Å². The Kier molecular flexibility index (Phi) is 4.18. The molecule has 0 saturated carbocycles. The van der Waals surface area contributed by atoms with Crippen LogP contribution in [0.5, 0.6) is 0 Å². The fraction of sp³-hybridized carbons (Fsp3) is 0.538. The molecule has 84 valence electrons. The van der Waals surface area contributed by atoms with E-state index in [0.29, 0.717) is 6.04 Å². The average molecular weight is 226 g/mol. The molecule has 1 atom stereocenters. The Morgan fingerprint density at radius 2 is 1.73 bits per heavy atom. The summed E-state index contributed by atoms with van der Waals surface area (Å²) in [7, 11) is 2.02. The smallest absolute Gasteiger partial charge is 0.0406 e. The molecule has 1 unspecified atom stereocenters. The summed E-state index contributed by atoms with van der Waals surface area (Å²) in [5.41, 5.74) is 1.60. The average Bonchev–Trinajstić information content (AvgIpc) is 2.15. The largest absolute Gasteiger partial charge is 0.316 e. The summed E-state index contributed by atoms with van der Waals surface area (Å²) in [5, 5.41) is 4.17. The van der Waals surface area contributed by atoms with Crippen molar-refractivity contribution in [2.45, 2.75) is 33.2 Å². The lowest BCUT2D eigenvalue weighted by molar-refractivity contribution is 0.280. The maximum absolute atomic E-state index is 5.86. The third kappa shape index (κ3) is 3.84. The predicted octanol–water partition coefficient (Wildman–Crippen LogP) is 3.52. The van der Waals surface area contributed by atoms with Crippen molar-refractivity contribution in [3.63, 3.8) is 0 Å². The summed E-state index contributed by atoms with van der Waals surface area (Å²) in [6, 6.07) is 8.58. The van der Waals surface area contributed by atoms with Crippen LogP contribution in [-0.2, 0) is 6.42 Å². The molecule has 15 heavy (non-hydrogen) atoms. The van der Waals surface area contributed by atoms with Crippen molar-refractivity contribution in [2.75, 3.05) is 7.05 Å². The van der Waals surface area contributed by atoms with E-state index in [1.165, 1.54) is 5.56 Å². The van der Waals surface area contributed by atoms with Crippen LogP contribution >= 0.6 is 11.6 Å². The van der Waals surface area contributed by atoms with Gasteiger partial charge in [0.1, 0.15) is 0 Å². The SMILES string of the molecule is CNC(Cc1ccc(Cl)cc1)C(C)(C)C. The second-order valence-electron chi connectivity index (χ2n) is 5.04. The lowest BCUT2D eigenvalue weighted by Gasteiger charge is -2.30. The summed E-state index contributed by atoms with van der Waals surface area (Å²) in [4.78, 5) is 0. The molecule has 0 aliphatic carbocycles. The van der Waals surface area contributed by atoms with Crippen LogP contribution in [0.3, 0.4) is 0 Å². The van der Waals surface area contributed by atoms with Gasteiger partial charge in [-0.15, -0.1) is 0 Å². The van der Waals surface area contributed by atoms with Gasteiger partial charge in [0.05, 0.1) is 0 Å². The minimum Gasteiger partial charge on any atom is -0.316 e. The fourth-order valence-corrected chi connectivity index (χ4v) is 1.82. The molecule has 0 saturated heterocycles. The van der Waals surface area contributed by atoms with Crippen molar-refractivity contribution in [2.24, 2.45) is 5.41 Å². The molecule has 0 bridgehead atoms. The van der Waals surface area contributed by atoms with Gasteiger partial charge < -0.3 is 5.32 Å². The quantitative estimate of drug-likeness (QED) is 0.830. The molecular weight excluding hydrogens is 206 g/mol. The van der Waals surface area contributed by atoms with E-state index in [2.05, 4.69) is 38.2 Å². The van der Waals surface area contributed by atoms with Crippen molar-refractivity contribution in [3.8, 4) is 0 Å². The molecule has 2 heteroatoms. The van der Waals surface area contributed by atoms with Crippen molar-refractivity contribution >= 4 is 11.6 Å². The van der Waals surface area contributed by atoms with Gasteiger partial charge in [-0.05, 0) is 36.6 Å². The Bertz CT molecular complexity index is 297. The summed E-state index contributed by atoms with van der Waals surface area (Å²) < 4.78 is 0. The molecule has 0 aliphatic heterocycles. The number of rotatable bonds is 3. The minimum atomic E-state index is 0.272. The number of halogens is 1. The molecule has 0 aliphatic rings. The Hall–Kier alpha value is -0.530.